The average molecular weight is 277 g/mol. The summed E-state index contributed by atoms with van der Waals surface area (Å²) < 4.78 is 5.09. The molecule has 0 unspecified atom stereocenters. The van der Waals surface area contributed by atoms with Crippen molar-refractivity contribution in [2.45, 2.75) is 38.3 Å². The number of carboxylic acids is 1. The summed E-state index contributed by atoms with van der Waals surface area (Å²) in [6, 6.07) is 9.28. The zero-order valence-electron chi connectivity index (χ0n) is 11.5. The Morgan fingerprint density at radius 3 is 2.65 bits per heavy atom. The van der Waals surface area contributed by atoms with Crippen LogP contribution in [0, 0.1) is 5.92 Å². The van der Waals surface area contributed by atoms with Gasteiger partial charge in [-0.2, -0.15) is 0 Å². The molecule has 2 atom stereocenters. The first-order valence-corrected chi connectivity index (χ1v) is 6.74. The number of hydrogen-bond acceptors (Lipinski definition) is 3. The Labute approximate surface area is 117 Å². The number of carbonyl (C=O) groups is 2. The maximum absolute atomic E-state index is 11.8. The first-order chi connectivity index (χ1) is 9.52. The summed E-state index contributed by atoms with van der Waals surface area (Å²) in [5.41, 5.74) is -0.306. The van der Waals surface area contributed by atoms with E-state index in [1.807, 2.05) is 37.3 Å². The number of carbonyl (C=O) groups excluding carboxylic acids is 1. The quantitative estimate of drug-likeness (QED) is 0.886. The molecule has 0 bridgehead atoms. The van der Waals surface area contributed by atoms with E-state index < -0.39 is 17.6 Å². The van der Waals surface area contributed by atoms with Crippen molar-refractivity contribution in [2.24, 2.45) is 5.92 Å². The number of amides is 1. The summed E-state index contributed by atoms with van der Waals surface area (Å²) in [6.07, 6.45) is 1.02. The van der Waals surface area contributed by atoms with Gasteiger partial charge in [-0.15, -0.1) is 0 Å². The van der Waals surface area contributed by atoms with Gasteiger partial charge in [0.15, 0.2) is 0 Å². The highest BCUT2D eigenvalue weighted by molar-refractivity contribution is 5.84. The standard InChI is InChI=1S/C15H19NO4/c1-11-7-8-15(9-11,13(17)18)16-14(19)20-10-12-5-3-2-4-6-12/h2-6,11H,7-10H2,1H3,(H,16,19)(H,17,18)/t11-,15-/m0/s1. The predicted octanol–water partition coefficient (Wildman–Crippen LogP) is 2.56. The van der Waals surface area contributed by atoms with Crippen LogP contribution < -0.4 is 5.32 Å². The molecule has 0 radical (unpaired) electrons. The van der Waals surface area contributed by atoms with Gasteiger partial charge in [0.1, 0.15) is 12.1 Å². The summed E-state index contributed by atoms with van der Waals surface area (Å²) in [5.74, 6) is -0.695. The highest BCUT2D eigenvalue weighted by Gasteiger charge is 2.45. The van der Waals surface area contributed by atoms with Crippen molar-refractivity contribution >= 4 is 12.1 Å². The third-order valence-corrected chi connectivity index (χ3v) is 3.72. The summed E-state index contributed by atoms with van der Waals surface area (Å²) in [5, 5.41) is 11.9. The van der Waals surface area contributed by atoms with Crippen molar-refractivity contribution in [2.75, 3.05) is 0 Å². The van der Waals surface area contributed by atoms with E-state index in [9.17, 15) is 14.7 Å². The lowest BCUT2D eigenvalue weighted by Gasteiger charge is -2.25. The molecule has 1 aliphatic rings. The monoisotopic (exact) mass is 277 g/mol. The van der Waals surface area contributed by atoms with Crippen LogP contribution in [0.1, 0.15) is 31.7 Å². The number of carboxylic acid groups (broad SMARTS) is 1. The molecule has 20 heavy (non-hydrogen) atoms. The number of alkyl carbamates (subject to hydrolysis) is 1. The van der Waals surface area contributed by atoms with Gasteiger partial charge in [-0.25, -0.2) is 9.59 Å². The van der Waals surface area contributed by atoms with Gasteiger partial charge in [0, 0.05) is 0 Å². The van der Waals surface area contributed by atoms with Crippen molar-refractivity contribution in [1.82, 2.24) is 5.32 Å². The number of nitrogens with one attached hydrogen (secondary N) is 1. The van der Waals surface area contributed by atoms with Crippen LogP contribution in [0.2, 0.25) is 0 Å². The van der Waals surface area contributed by atoms with Gasteiger partial charge in [0.05, 0.1) is 0 Å². The summed E-state index contributed by atoms with van der Waals surface area (Å²) >= 11 is 0. The van der Waals surface area contributed by atoms with E-state index in [2.05, 4.69) is 5.32 Å². The number of benzene rings is 1. The molecule has 1 aliphatic carbocycles. The molecular formula is C15H19NO4. The van der Waals surface area contributed by atoms with Gasteiger partial charge in [-0.1, -0.05) is 37.3 Å². The number of ether oxygens (including phenoxy) is 1. The van der Waals surface area contributed by atoms with E-state index >= 15 is 0 Å². The zero-order valence-corrected chi connectivity index (χ0v) is 11.5. The molecule has 5 heteroatoms. The van der Waals surface area contributed by atoms with Crippen LogP contribution in [0.3, 0.4) is 0 Å². The van der Waals surface area contributed by atoms with Crippen LogP contribution in [0.15, 0.2) is 30.3 Å². The van der Waals surface area contributed by atoms with E-state index in [0.717, 1.165) is 12.0 Å². The molecule has 0 saturated heterocycles. The van der Waals surface area contributed by atoms with Gasteiger partial charge in [0.25, 0.3) is 0 Å². The summed E-state index contributed by atoms with van der Waals surface area (Å²) in [4.78, 5) is 23.2. The van der Waals surface area contributed by atoms with E-state index in [1.54, 1.807) is 0 Å². The van der Waals surface area contributed by atoms with E-state index in [-0.39, 0.29) is 6.61 Å². The lowest BCUT2D eigenvalue weighted by atomic mass is 9.97. The normalized spacial score (nSPS) is 25.1. The molecular weight excluding hydrogens is 258 g/mol. The second-order valence-electron chi connectivity index (χ2n) is 5.42. The molecule has 108 valence electrons. The maximum Gasteiger partial charge on any atom is 0.408 e. The SMILES string of the molecule is C[C@H]1CC[C@@](NC(=O)OCc2ccccc2)(C(=O)O)C1. The van der Waals surface area contributed by atoms with Crippen LogP contribution >= 0.6 is 0 Å². The van der Waals surface area contributed by atoms with E-state index in [4.69, 9.17) is 4.74 Å². The van der Waals surface area contributed by atoms with Crippen LogP contribution in [0.25, 0.3) is 0 Å². The van der Waals surface area contributed by atoms with Crippen LogP contribution in [-0.4, -0.2) is 22.7 Å². The van der Waals surface area contributed by atoms with Crippen molar-refractivity contribution in [3.8, 4) is 0 Å². The Hall–Kier alpha value is -2.04. The minimum atomic E-state index is -1.17. The highest BCUT2D eigenvalue weighted by atomic mass is 16.5. The Kier molecular flexibility index (Phi) is 4.27. The molecule has 5 nitrogen and oxygen atoms in total. The second-order valence-corrected chi connectivity index (χ2v) is 5.42. The predicted molar refractivity (Wildman–Crippen MR) is 73.1 cm³/mol. The Morgan fingerprint density at radius 2 is 2.10 bits per heavy atom. The van der Waals surface area contributed by atoms with E-state index in [1.165, 1.54) is 0 Å². The van der Waals surface area contributed by atoms with Crippen molar-refractivity contribution in [3.05, 3.63) is 35.9 Å². The van der Waals surface area contributed by atoms with Gasteiger partial charge < -0.3 is 15.2 Å². The third kappa shape index (κ3) is 3.29. The topological polar surface area (TPSA) is 75.6 Å². The van der Waals surface area contributed by atoms with Crippen molar-refractivity contribution < 1.29 is 19.4 Å². The minimum absolute atomic E-state index is 0.137. The molecule has 1 aromatic rings. The Bertz CT molecular complexity index is 488. The van der Waals surface area contributed by atoms with Crippen LogP contribution in [-0.2, 0) is 16.1 Å². The van der Waals surface area contributed by atoms with E-state index in [0.29, 0.717) is 18.8 Å². The first-order valence-electron chi connectivity index (χ1n) is 6.74. The molecule has 0 heterocycles. The lowest BCUT2D eigenvalue weighted by Crippen LogP contribution is -2.52. The van der Waals surface area contributed by atoms with Crippen molar-refractivity contribution in [3.63, 3.8) is 0 Å². The fourth-order valence-electron chi connectivity index (χ4n) is 2.61. The molecule has 2 N–H and O–H groups in total. The number of hydrogen-bond donors (Lipinski definition) is 2. The highest BCUT2D eigenvalue weighted by Crippen LogP contribution is 2.34. The van der Waals surface area contributed by atoms with Gasteiger partial charge in [0.2, 0.25) is 0 Å². The number of rotatable bonds is 4. The molecule has 2 rings (SSSR count). The molecule has 0 aromatic heterocycles. The van der Waals surface area contributed by atoms with Crippen LogP contribution in [0.5, 0.6) is 0 Å². The fraction of sp³-hybridized carbons (Fsp3) is 0.467. The third-order valence-electron chi connectivity index (χ3n) is 3.72. The molecule has 1 fully saturated rings. The van der Waals surface area contributed by atoms with Gasteiger partial charge in [-0.05, 0) is 30.7 Å². The maximum atomic E-state index is 11.8. The number of aliphatic carboxylic acids is 1. The smallest absolute Gasteiger partial charge is 0.408 e. The lowest BCUT2D eigenvalue weighted by molar-refractivity contribution is -0.144. The largest absolute Gasteiger partial charge is 0.480 e. The first kappa shape index (κ1) is 14.4. The fourth-order valence-corrected chi connectivity index (χ4v) is 2.61. The minimum Gasteiger partial charge on any atom is -0.480 e. The molecule has 0 spiro atoms. The average Bonchev–Trinajstić information content (AvgIpc) is 2.80. The molecule has 1 aromatic carbocycles. The Balaban J connectivity index is 1.91. The summed E-state index contributed by atoms with van der Waals surface area (Å²) in [6.45, 7) is 2.12. The van der Waals surface area contributed by atoms with Gasteiger partial charge >= 0.3 is 12.1 Å². The zero-order chi connectivity index (χ0) is 14.6. The second kappa shape index (κ2) is 5.94. The molecule has 1 saturated carbocycles. The Morgan fingerprint density at radius 1 is 1.40 bits per heavy atom. The summed E-state index contributed by atoms with van der Waals surface area (Å²) in [7, 11) is 0. The van der Waals surface area contributed by atoms with Crippen molar-refractivity contribution in [1.29, 1.82) is 0 Å². The molecule has 1 amide bonds. The van der Waals surface area contributed by atoms with Gasteiger partial charge in [-0.3, -0.25) is 0 Å². The molecule has 0 aliphatic heterocycles. The van der Waals surface area contributed by atoms with Crippen LogP contribution in [0.4, 0.5) is 4.79 Å².